The van der Waals surface area contributed by atoms with Crippen molar-refractivity contribution in [3.05, 3.63) is 96.1 Å². The number of halogens is 1. The number of ether oxygens (including phenoxy) is 1. The van der Waals surface area contributed by atoms with E-state index in [1.165, 1.54) is 23.1 Å². The van der Waals surface area contributed by atoms with Crippen LogP contribution in [0.1, 0.15) is 101 Å². The lowest BCUT2D eigenvalue weighted by atomic mass is 9.85. The summed E-state index contributed by atoms with van der Waals surface area (Å²) in [5.74, 6) is -5.18. The molecule has 0 spiro atoms. The molecule has 1 aliphatic rings. The molecule has 0 aliphatic carbocycles. The molecule has 1 aliphatic heterocycles. The smallest absolute Gasteiger partial charge is 0.351 e. The molecule has 288 valence electrons. The molecule has 1 saturated heterocycles. The monoisotopic (exact) mass is 758 g/mol. The van der Waals surface area contributed by atoms with Gasteiger partial charge < -0.3 is 20.3 Å². The number of nitrogens with one attached hydrogen (secondary N) is 2. The molecule has 3 aromatic rings. The number of carbonyl (C=O) groups excluding carboxylic acids is 6. The Balaban J connectivity index is 1.90. The zero-order chi connectivity index (χ0) is 39.1. The number of hydrogen-bond donors (Lipinski definition) is 2. The summed E-state index contributed by atoms with van der Waals surface area (Å²) < 4.78 is 6.17. The number of unbranched alkanes of at least 4 members (excludes halogenated alkanes) is 4. The number of ketones is 1. The molecule has 12 heteroatoms. The second-order valence-electron chi connectivity index (χ2n) is 13.6. The fourth-order valence-electron chi connectivity index (χ4n) is 6.45. The summed E-state index contributed by atoms with van der Waals surface area (Å²) in [6.07, 6.45) is 5.72. The number of hydrogen-bond acceptors (Lipinski definition) is 7. The molecule has 0 aromatic heterocycles. The maximum Gasteiger partial charge on any atom is 0.351 e. The van der Waals surface area contributed by atoms with Crippen molar-refractivity contribution >= 4 is 58.5 Å². The van der Waals surface area contributed by atoms with Gasteiger partial charge in [-0.1, -0.05) is 100 Å². The van der Waals surface area contributed by atoms with Crippen LogP contribution in [-0.2, 0) is 30.5 Å². The van der Waals surface area contributed by atoms with E-state index >= 15 is 9.59 Å². The molecule has 11 nitrogen and oxygen atoms in total. The molecule has 5 amide bonds. The van der Waals surface area contributed by atoms with Crippen LogP contribution >= 0.6 is 11.6 Å². The molecule has 54 heavy (non-hydrogen) atoms. The van der Waals surface area contributed by atoms with Gasteiger partial charge in [-0.3, -0.25) is 19.2 Å². The summed E-state index contributed by atoms with van der Waals surface area (Å²) in [6, 6.07) is 21.9. The van der Waals surface area contributed by atoms with E-state index in [4.69, 9.17) is 16.3 Å². The molecule has 3 aromatic carbocycles. The van der Waals surface area contributed by atoms with Crippen molar-refractivity contribution in [3.8, 4) is 0 Å². The van der Waals surface area contributed by atoms with Crippen LogP contribution in [0.2, 0.25) is 0 Å². The topological polar surface area (TPSA) is 142 Å². The van der Waals surface area contributed by atoms with Crippen LogP contribution in [0, 0.1) is 0 Å². The summed E-state index contributed by atoms with van der Waals surface area (Å²) in [5.41, 5.74) is -2.52. The first-order valence-electron chi connectivity index (χ1n) is 18.8. The standard InChI is InChI=1S/C42H51ClN4O7/c1-4-6-7-8-15-23-33(27-26-30(3)43)54-40(52)42(39(51)44-32-21-13-10-14-22-32,38(50)34-24-16-17-25-35(34)45-36(48)18-5-2)47-37(49)29-46(41(47)53)28-31-19-11-9-12-20-31/h9-14,16-17,19-22,24-25,30,33H,4-8,15,18,23,26-29H2,1-3H3,(H,44,51)(H,45,48). The SMILES string of the molecule is CCCCCCCC(CCC(C)Cl)OC(=O)C(C(=O)Nc1ccccc1)(C(=O)c1ccccc1NC(=O)CCC)N1C(=O)CN(Cc2ccccc2)C1=O. The Morgan fingerprint density at radius 2 is 1.44 bits per heavy atom. The average Bonchev–Trinajstić information content (AvgIpc) is 3.43. The third-order valence-corrected chi connectivity index (χ3v) is 9.50. The fourth-order valence-corrected chi connectivity index (χ4v) is 6.57. The highest BCUT2D eigenvalue weighted by Crippen LogP contribution is 2.34. The summed E-state index contributed by atoms with van der Waals surface area (Å²) in [7, 11) is 0. The van der Waals surface area contributed by atoms with Crippen LogP contribution in [0.4, 0.5) is 16.2 Å². The highest BCUT2D eigenvalue weighted by atomic mass is 35.5. The number of alkyl halides is 1. The molecule has 4 rings (SSSR count). The predicted molar refractivity (Wildman–Crippen MR) is 209 cm³/mol. The van der Waals surface area contributed by atoms with Gasteiger partial charge in [-0.25, -0.2) is 14.5 Å². The lowest BCUT2D eigenvalue weighted by Crippen LogP contribution is -2.69. The zero-order valence-electron chi connectivity index (χ0n) is 31.4. The van der Waals surface area contributed by atoms with E-state index in [1.807, 2.05) is 19.9 Å². The molecular formula is C42H51ClN4O7. The van der Waals surface area contributed by atoms with E-state index in [-0.39, 0.29) is 35.3 Å². The van der Waals surface area contributed by atoms with Crippen molar-refractivity contribution < 1.29 is 33.5 Å². The van der Waals surface area contributed by atoms with Gasteiger partial charge in [0.05, 0.1) is 5.69 Å². The highest BCUT2D eigenvalue weighted by Gasteiger charge is 2.66. The quantitative estimate of drug-likeness (QED) is 0.0279. The second kappa shape index (κ2) is 20.4. The Bertz CT molecular complexity index is 1750. The molecule has 1 heterocycles. The highest BCUT2D eigenvalue weighted by molar-refractivity contribution is 6.38. The van der Waals surface area contributed by atoms with E-state index in [0.717, 1.165) is 25.7 Å². The van der Waals surface area contributed by atoms with Crippen LogP contribution in [0.25, 0.3) is 0 Å². The van der Waals surface area contributed by atoms with Crippen molar-refractivity contribution in [1.29, 1.82) is 0 Å². The second-order valence-corrected chi connectivity index (χ2v) is 14.4. The summed E-state index contributed by atoms with van der Waals surface area (Å²) >= 11 is 6.33. The van der Waals surface area contributed by atoms with Gasteiger partial charge in [0.25, 0.3) is 17.4 Å². The predicted octanol–water partition coefficient (Wildman–Crippen LogP) is 8.13. The molecule has 0 radical (unpaired) electrons. The minimum absolute atomic E-state index is 0.00862. The zero-order valence-corrected chi connectivity index (χ0v) is 32.1. The molecule has 1 fully saturated rings. The van der Waals surface area contributed by atoms with E-state index in [0.29, 0.717) is 42.6 Å². The van der Waals surface area contributed by atoms with Gasteiger partial charge in [-0.05, 0) is 68.9 Å². The summed E-state index contributed by atoms with van der Waals surface area (Å²) in [5, 5.41) is 5.08. The van der Waals surface area contributed by atoms with E-state index in [2.05, 4.69) is 17.6 Å². The van der Waals surface area contributed by atoms with Crippen LogP contribution in [0.3, 0.4) is 0 Å². The number of rotatable bonds is 21. The maximum atomic E-state index is 15.3. The van der Waals surface area contributed by atoms with Gasteiger partial charge in [0.1, 0.15) is 12.6 Å². The lowest BCUT2D eigenvalue weighted by Gasteiger charge is -2.36. The largest absolute Gasteiger partial charge is 0.460 e. The fraction of sp³-hybridized carbons (Fsp3) is 0.429. The minimum Gasteiger partial charge on any atom is -0.460 e. The number of nitrogens with zero attached hydrogens (tertiary/aromatic N) is 2. The van der Waals surface area contributed by atoms with Gasteiger partial charge in [0, 0.05) is 29.6 Å². The Hall–Kier alpha value is -5.03. The lowest BCUT2D eigenvalue weighted by molar-refractivity contribution is -0.165. The molecule has 3 unspecified atom stereocenters. The Morgan fingerprint density at radius 1 is 0.796 bits per heavy atom. The van der Waals surface area contributed by atoms with Gasteiger partial charge >= 0.3 is 12.0 Å². The number of carbonyl (C=O) groups is 6. The van der Waals surface area contributed by atoms with Gasteiger partial charge in [0.2, 0.25) is 11.7 Å². The molecule has 0 bridgehead atoms. The van der Waals surface area contributed by atoms with E-state index < -0.39 is 53.7 Å². The average molecular weight is 759 g/mol. The molecular weight excluding hydrogens is 708 g/mol. The van der Waals surface area contributed by atoms with Crippen molar-refractivity contribution in [2.24, 2.45) is 0 Å². The first-order valence-corrected chi connectivity index (χ1v) is 19.3. The normalized spacial score (nSPS) is 15.0. The number of urea groups is 1. The number of benzene rings is 3. The van der Waals surface area contributed by atoms with Crippen LogP contribution in [-0.4, -0.2) is 68.9 Å². The van der Waals surface area contributed by atoms with Gasteiger partial charge in [-0.2, -0.15) is 0 Å². The maximum absolute atomic E-state index is 15.3. The number of Topliss-reactive ketones (excluding diaryl/α,β-unsaturated/α-hetero) is 1. The van der Waals surface area contributed by atoms with Crippen molar-refractivity contribution in [2.75, 3.05) is 17.2 Å². The molecule has 2 N–H and O–H groups in total. The van der Waals surface area contributed by atoms with Crippen molar-refractivity contribution in [3.63, 3.8) is 0 Å². The molecule has 0 saturated carbocycles. The number of imide groups is 1. The first kappa shape index (κ1) is 41.7. The van der Waals surface area contributed by atoms with Crippen molar-refractivity contribution in [1.82, 2.24) is 9.80 Å². The van der Waals surface area contributed by atoms with E-state index in [9.17, 15) is 19.2 Å². The third kappa shape index (κ3) is 10.6. The number of esters is 1. The van der Waals surface area contributed by atoms with Crippen LogP contribution in [0.5, 0.6) is 0 Å². The molecule has 3 atom stereocenters. The Morgan fingerprint density at radius 3 is 2.11 bits per heavy atom. The summed E-state index contributed by atoms with van der Waals surface area (Å²) in [6.45, 7) is 5.21. The van der Waals surface area contributed by atoms with E-state index in [1.54, 1.807) is 60.7 Å². The van der Waals surface area contributed by atoms with Gasteiger partial charge in [-0.15, -0.1) is 11.6 Å². The van der Waals surface area contributed by atoms with Crippen LogP contribution < -0.4 is 10.6 Å². The third-order valence-electron chi connectivity index (χ3n) is 9.29. The van der Waals surface area contributed by atoms with Crippen LogP contribution in [0.15, 0.2) is 84.9 Å². The Kier molecular flexibility index (Phi) is 15.8. The minimum atomic E-state index is -3.17. The number of amides is 5. The van der Waals surface area contributed by atoms with Crippen molar-refractivity contribution in [2.45, 2.75) is 109 Å². The number of anilines is 2. The first-order chi connectivity index (χ1) is 26.0. The van der Waals surface area contributed by atoms with Gasteiger partial charge in [0.15, 0.2) is 0 Å². The number of para-hydroxylation sites is 2. The Labute approximate surface area is 322 Å². The summed E-state index contributed by atoms with van der Waals surface area (Å²) in [4.78, 5) is 88.5.